The Labute approximate surface area is 100 Å². The Balaban J connectivity index is 2.30. The summed E-state index contributed by atoms with van der Waals surface area (Å²) in [6.07, 6.45) is 2.26. The van der Waals surface area contributed by atoms with E-state index in [9.17, 15) is 4.79 Å². The highest BCUT2D eigenvalue weighted by atomic mass is 16.5. The molecule has 0 saturated carbocycles. The monoisotopic (exact) mass is 230 g/mol. The predicted octanol–water partition coefficient (Wildman–Crippen LogP) is 3.08. The van der Waals surface area contributed by atoms with Crippen molar-refractivity contribution in [2.24, 2.45) is 0 Å². The van der Waals surface area contributed by atoms with E-state index in [1.807, 2.05) is 6.92 Å². The Morgan fingerprint density at radius 1 is 1.24 bits per heavy atom. The van der Waals surface area contributed by atoms with E-state index in [0.29, 0.717) is 17.5 Å². The molecule has 2 aromatic rings. The van der Waals surface area contributed by atoms with Gasteiger partial charge in [0.25, 0.3) is 0 Å². The van der Waals surface area contributed by atoms with Crippen LogP contribution in [-0.2, 0) is 6.42 Å². The first-order chi connectivity index (χ1) is 8.26. The van der Waals surface area contributed by atoms with Gasteiger partial charge in [-0.25, -0.2) is 0 Å². The molecular weight excluding hydrogens is 216 g/mol. The quantitative estimate of drug-likeness (QED) is 0.758. The van der Waals surface area contributed by atoms with Crippen LogP contribution in [0.4, 0.5) is 0 Å². The molecule has 3 heteroatoms. The standard InChI is InChI=1S/C14H14O3/c1-3-13-12(8-9-17-13)14(15)10-4-6-11(16-2)7-5-10/h4-9H,3H2,1-2H3. The van der Waals surface area contributed by atoms with E-state index in [2.05, 4.69) is 0 Å². The molecule has 0 saturated heterocycles. The topological polar surface area (TPSA) is 39.4 Å². The normalized spacial score (nSPS) is 10.2. The number of hydrogen-bond donors (Lipinski definition) is 0. The highest BCUT2D eigenvalue weighted by Gasteiger charge is 2.15. The Morgan fingerprint density at radius 2 is 1.94 bits per heavy atom. The van der Waals surface area contributed by atoms with E-state index in [0.717, 1.165) is 11.5 Å². The molecule has 0 atom stereocenters. The van der Waals surface area contributed by atoms with Gasteiger partial charge in [0.2, 0.25) is 0 Å². The maximum atomic E-state index is 12.2. The van der Waals surface area contributed by atoms with Crippen molar-refractivity contribution in [2.75, 3.05) is 7.11 Å². The van der Waals surface area contributed by atoms with Crippen LogP contribution in [0.3, 0.4) is 0 Å². The van der Waals surface area contributed by atoms with Crippen molar-refractivity contribution in [3.63, 3.8) is 0 Å². The first-order valence-corrected chi connectivity index (χ1v) is 5.51. The van der Waals surface area contributed by atoms with Crippen LogP contribution in [0.25, 0.3) is 0 Å². The zero-order chi connectivity index (χ0) is 12.3. The molecule has 0 bridgehead atoms. The molecule has 1 heterocycles. The molecule has 1 aromatic heterocycles. The highest BCUT2D eigenvalue weighted by molar-refractivity contribution is 6.09. The third-order valence-electron chi connectivity index (χ3n) is 2.66. The molecule has 3 nitrogen and oxygen atoms in total. The van der Waals surface area contributed by atoms with Crippen LogP contribution in [0, 0.1) is 0 Å². The molecule has 0 aliphatic carbocycles. The summed E-state index contributed by atoms with van der Waals surface area (Å²) >= 11 is 0. The van der Waals surface area contributed by atoms with E-state index < -0.39 is 0 Å². The molecule has 2 rings (SSSR count). The van der Waals surface area contributed by atoms with E-state index in [1.165, 1.54) is 0 Å². The summed E-state index contributed by atoms with van der Waals surface area (Å²) in [6.45, 7) is 1.96. The molecule has 0 aliphatic rings. The van der Waals surface area contributed by atoms with Crippen molar-refractivity contribution < 1.29 is 13.9 Å². The number of ether oxygens (including phenoxy) is 1. The van der Waals surface area contributed by atoms with Crippen LogP contribution in [0.2, 0.25) is 0 Å². The predicted molar refractivity (Wildman–Crippen MR) is 64.5 cm³/mol. The molecule has 1 aromatic carbocycles. The lowest BCUT2D eigenvalue weighted by Gasteiger charge is -2.02. The molecule has 88 valence electrons. The van der Waals surface area contributed by atoms with Crippen LogP contribution in [0.1, 0.15) is 28.6 Å². The smallest absolute Gasteiger partial charge is 0.196 e. The summed E-state index contributed by atoms with van der Waals surface area (Å²) in [7, 11) is 1.60. The third kappa shape index (κ3) is 2.23. The molecule has 0 N–H and O–H groups in total. The van der Waals surface area contributed by atoms with Crippen molar-refractivity contribution in [1.29, 1.82) is 0 Å². The minimum absolute atomic E-state index is 0.0155. The fraction of sp³-hybridized carbons (Fsp3) is 0.214. The van der Waals surface area contributed by atoms with E-state index in [1.54, 1.807) is 43.7 Å². The number of carbonyl (C=O) groups excluding carboxylic acids is 1. The average Bonchev–Trinajstić information content (AvgIpc) is 2.86. The first-order valence-electron chi connectivity index (χ1n) is 5.51. The van der Waals surface area contributed by atoms with Crippen LogP contribution < -0.4 is 4.74 Å². The highest BCUT2D eigenvalue weighted by Crippen LogP contribution is 2.18. The fourth-order valence-corrected chi connectivity index (χ4v) is 1.71. The Hall–Kier alpha value is -2.03. The lowest BCUT2D eigenvalue weighted by molar-refractivity contribution is 0.103. The fourth-order valence-electron chi connectivity index (χ4n) is 1.71. The minimum atomic E-state index is -0.0155. The molecule has 0 radical (unpaired) electrons. The average molecular weight is 230 g/mol. The third-order valence-corrected chi connectivity index (χ3v) is 2.66. The zero-order valence-electron chi connectivity index (χ0n) is 9.90. The van der Waals surface area contributed by atoms with E-state index in [-0.39, 0.29) is 5.78 Å². The van der Waals surface area contributed by atoms with Gasteiger partial charge in [-0.1, -0.05) is 6.92 Å². The zero-order valence-corrected chi connectivity index (χ0v) is 9.90. The Kier molecular flexibility index (Phi) is 3.28. The maximum Gasteiger partial charge on any atom is 0.196 e. The van der Waals surface area contributed by atoms with Crippen molar-refractivity contribution in [3.8, 4) is 5.75 Å². The number of furan rings is 1. The molecule has 0 unspecified atom stereocenters. The number of rotatable bonds is 4. The summed E-state index contributed by atoms with van der Waals surface area (Å²) in [4.78, 5) is 12.2. The lowest BCUT2D eigenvalue weighted by Crippen LogP contribution is -2.02. The van der Waals surface area contributed by atoms with Gasteiger partial charge in [-0.3, -0.25) is 4.79 Å². The molecule has 0 fully saturated rings. The Bertz CT molecular complexity index is 509. The molecule has 0 amide bonds. The van der Waals surface area contributed by atoms with Crippen molar-refractivity contribution >= 4 is 5.78 Å². The number of benzene rings is 1. The molecular formula is C14H14O3. The summed E-state index contributed by atoms with van der Waals surface area (Å²) in [5.41, 5.74) is 1.28. The van der Waals surface area contributed by atoms with Gasteiger partial charge in [0.15, 0.2) is 5.78 Å². The summed E-state index contributed by atoms with van der Waals surface area (Å²) in [5.74, 6) is 1.45. The van der Waals surface area contributed by atoms with Crippen LogP contribution >= 0.6 is 0 Å². The van der Waals surface area contributed by atoms with Crippen LogP contribution in [0.15, 0.2) is 41.0 Å². The largest absolute Gasteiger partial charge is 0.497 e. The SMILES string of the molecule is CCc1occc1C(=O)c1ccc(OC)cc1. The van der Waals surface area contributed by atoms with Crippen molar-refractivity contribution in [1.82, 2.24) is 0 Å². The van der Waals surface area contributed by atoms with Gasteiger partial charge < -0.3 is 9.15 Å². The van der Waals surface area contributed by atoms with Gasteiger partial charge in [-0.05, 0) is 30.3 Å². The van der Waals surface area contributed by atoms with Gasteiger partial charge in [-0.15, -0.1) is 0 Å². The lowest BCUT2D eigenvalue weighted by atomic mass is 10.0. The number of aryl methyl sites for hydroxylation is 1. The van der Waals surface area contributed by atoms with Gasteiger partial charge in [-0.2, -0.15) is 0 Å². The number of ketones is 1. The van der Waals surface area contributed by atoms with Crippen LogP contribution in [-0.4, -0.2) is 12.9 Å². The Morgan fingerprint density at radius 3 is 2.53 bits per heavy atom. The van der Waals surface area contributed by atoms with E-state index >= 15 is 0 Å². The molecule has 17 heavy (non-hydrogen) atoms. The number of hydrogen-bond acceptors (Lipinski definition) is 3. The second kappa shape index (κ2) is 4.87. The summed E-state index contributed by atoms with van der Waals surface area (Å²) in [5, 5.41) is 0. The summed E-state index contributed by atoms with van der Waals surface area (Å²) < 4.78 is 10.3. The molecule has 0 aliphatic heterocycles. The number of methoxy groups -OCH3 is 1. The van der Waals surface area contributed by atoms with Gasteiger partial charge >= 0.3 is 0 Å². The van der Waals surface area contributed by atoms with Crippen molar-refractivity contribution in [3.05, 3.63) is 53.5 Å². The van der Waals surface area contributed by atoms with Crippen LogP contribution in [0.5, 0.6) is 5.75 Å². The van der Waals surface area contributed by atoms with Gasteiger partial charge in [0.05, 0.1) is 18.9 Å². The molecule has 0 spiro atoms. The second-order valence-electron chi connectivity index (χ2n) is 3.67. The second-order valence-corrected chi connectivity index (χ2v) is 3.67. The van der Waals surface area contributed by atoms with Crippen molar-refractivity contribution in [2.45, 2.75) is 13.3 Å². The van der Waals surface area contributed by atoms with E-state index in [4.69, 9.17) is 9.15 Å². The maximum absolute atomic E-state index is 12.2. The first kappa shape index (κ1) is 11.5. The number of carbonyl (C=O) groups is 1. The van der Waals surface area contributed by atoms with Gasteiger partial charge in [0.1, 0.15) is 11.5 Å². The minimum Gasteiger partial charge on any atom is -0.497 e. The summed E-state index contributed by atoms with van der Waals surface area (Å²) in [6, 6.07) is 8.78. The van der Waals surface area contributed by atoms with Gasteiger partial charge in [0, 0.05) is 12.0 Å².